The van der Waals surface area contributed by atoms with E-state index in [-0.39, 0.29) is 5.91 Å². The van der Waals surface area contributed by atoms with Crippen molar-refractivity contribution in [1.82, 2.24) is 4.98 Å². The maximum absolute atomic E-state index is 11.8. The first-order chi connectivity index (χ1) is 8.06. The van der Waals surface area contributed by atoms with Gasteiger partial charge in [-0.1, -0.05) is 25.4 Å². The number of aromatic nitrogens is 1. The van der Waals surface area contributed by atoms with Crippen LogP contribution in [-0.4, -0.2) is 10.9 Å². The van der Waals surface area contributed by atoms with Gasteiger partial charge in [-0.25, -0.2) is 4.98 Å². The highest BCUT2D eigenvalue weighted by Crippen LogP contribution is 2.25. The smallest absolute Gasteiger partial charge is 0.267 e. The van der Waals surface area contributed by atoms with Crippen LogP contribution in [0.2, 0.25) is 4.34 Å². The summed E-state index contributed by atoms with van der Waals surface area (Å²) in [4.78, 5) is 16.7. The standard InChI is InChI=1S/C11H11ClN2OS2/c1-6(2)7-5-16-11(13-7)14-10(15)8-3-4-9(12)17-8/h3-6H,1-2H3,(H,13,14,15). The van der Waals surface area contributed by atoms with Crippen LogP contribution < -0.4 is 5.32 Å². The van der Waals surface area contributed by atoms with E-state index >= 15 is 0 Å². The second kappa shape index (κ2) is 5.16. The van der Waals surface area contributed by atoms with Gasteiger partial charge >= 0.3 is 0 Å². The maximum atomic E-state index is 11.8. The van der Waals surface area contributed by atoms with Gasteiger partial charge in [0.1, 0.15) is 0 Å². The third kappa shape index (κ3) is 3.06. The molecule has 0 bridgehead atoms. The highest BCUT2D eigenvalue weighted by Gasteiger charge is 2.12. The molecule has 0 aliphatic carbocycles. The van der Waals surface area contributed by atoms with Gasteiger partial charge < -0.3 is 0 Å². The zero-order valence-corrected chi connectivity index (χ0v) is 11.7. The van der Waals surface area contributed by atoms with Gasteiger partial charge in [-0.3, -0.25) is 10.1 Å². The molecule has 90 valence electrons. The second-order valence-electron chi connectivity index (χ2n) is 3.79. The third-order valence-corrected chi connectivity index (χ3v) is 4.14. The number of thiophene rings is 1. The lowest BCUT2D eigenvalue weighted by atomic mass is 10.2. The number of carbonyl (C=O) groups excluding carboxylic acids is 1. The molecule has 2 heterocycles. The fourth-order valence-electron chi connectivity index (χ4n) is 1.20. The summed E-state index contributed by atoms with van der Waals surface area (Å²) in [6.45, 7) is 4.14. The van der Waals surface area contributed by atoms with Crippen molar-refractivity contribution in [2.45, 2.75) is 19.8 Å². The minimum atomic E-state index is -0.161. The molecule has 2 aromatic rings. The predicted molar refractivity (Wildman–Crippen MR) is 73.5 cm³/mol. The Morgan fingerprint density at radius 1 is 1.47 bits per heavy atom. The molecule has 0 aliphatic rings. The number of amides is 1. The molecule has 6 heteroatoms. The molecule has 1 amide bonds. The number of rotatable bonds is 3. The van der Waals surface area contributed by atoms with Gasteiger partial charge in [0, 0.05) is 5.38 Å². The molecular formula is C11H11ClN2OS2. The number of nitrogens with zero attached hydrogens (tertiary/aromatic N) is 1. The lowest BCUT2D eigenvalue weighted by Gasteiger charge is -1.99. The van der Waals surface area contributed by atoms with Crippen LogP contribution in [0, 0.1) is 0 Å². The lowest BCUT2D eigenvalue weighted by Crippen LogP contribution is -2.09. The Balaban J connectivity index is 2.07. The molecule has 0 aromatic carbocycles. The molecule has 17 heavy (non-hydrogen) atoms. The minimum Gasteiger partial charge on any atom is -0.297 e. The molecular weight excluding hydrogens is 276 g/mol. The molecule has 0 saturated heterocycles. The summed E-state index contributed by atoms with van der Waals surface area (Å²) in [6, 6.07) is 3.42. The number of carbonyl (C=O) groups is 1. The molecule has 0 saturated carbocycles. The summed E-state index contributed by atoms with van der Waals surface area (Å²) in [5.41, 5.74) is 0.995. The molecule has 0 spiro atoms. The normalized spacial score (nSPS) is 10.8. The van der Waals surface area contributed by atoms with E-state index in [2.05, 4.69) is 24.1 Å². The fraction of sp³-hybridized carbons (Fsp3) is 0.273. The van der Waals surface area contributed by atoms with Gasteiger partial charge in [0.05, 0.1) is 14.9 Å². The SMILES string of the molecule is CC(C)c1csc(NC(=O)c2ccc(Cl)s2)n1. The van der Waals surface area contributed by atoms with Crippen molar-refractivity contribution in [3.8, 4) is 0 Å². The van der Waals surface area contributed by atoms with Crippen molar-refractivity contribution >= 4 is 45.3 Å². The Morgan fingerprint density at radius 2 is 2.24 bits per heavy atom. The van der Waals surface area contributed by atoms with Crippen LogP contribution in [0.5, 0.6) is 0 Å². The lowest BCUT2D eigenvalue weighted by molar-refractivity contribution is 0.103. The van der Waals surface area contributed by atoms with E-state index in [4.69, 9.17) is 11.6 Å². The number of hydrogen-bond acceptors (Lipinski definition) is 4. The molecule has 2 rings (SSSR count). The Labute approximate surface area is 112 Å². The van der Waals surface area contributed by atoms with Crippen molar-refractivity contribution in [2.24, 2.45) is 0 Å². The zero-order chi connectivity index (χ0) is 12.4. The van der Waals surface area contributed by atoms with Crippen LogP contribution in [-0.2, 0) is 0 Å². The third-order valence-electron chi connectivity index (χ3n) is 2.13. The summed E-state index contributed by atoms with van der Waals surface area (Å²) in [5.74, 6) is 0.208. The van der Waals surface area contributed by atoms with Crippen LogP contribution >= 0.6 is 34.3 Å². The molecule has 0 aliphatic heterocycles. The van der Waals surface area contributed by atoms with Crippen molar-refractivity contribution in [3.05, 3.63) is 32.4 Å². The number of halogens is 1. The van der Waals surface area contributed by atoms with Crippen LogP contribution in [0.1, 0.15) is 35.1 Å². The van der Waals surface area contributed by atoms with Gasteiger partial charge in [0.15, 0.2) is 5.13 Å². The van der Waals surface area contributed by atoms with Gasteiger partial charge in [0.25, 0.3) is 5.91 Å². The maximum Gasteiger partial charge on any atom is 0.267 e. The molecule has 0 radical (unpaired) electrons. The average molecular weight is 287 g/mol. The Hall–Kier alpha value is -0.910. The van der Waals surface area contributed by atoms with Gasteiger partial charge in [-0.05, 0) is 18.1 Å². The quantitative estimate of drug-likeness (QED) is 0.917. The summed E-state index contributed by atoms with van der Waals surface area (Å²) >= 11 is 8.47. The monoisotopic (exact) mass is 286 g/mol. The van der Waals surface area contributed by atoms with Gasteiger partial charge in [0.2, 0.25) is 0 Å². The Bertz CT molecular complexity index is 533. The van der Waals surface area contributed by atoms with E-state index in [0.29, 0.717) is 20.3 Å². The van der Waals surface area contributed by atoms with E-state index < -0.39 is 0 Å². The Kier molecular flexibility index (Phi) is 3.81. The Morgan fingerprint density at radius 3 is 2.76 bits per heavy atom. The molecule has 3 nitrogen and oxygen atoms in total. The summed E-state index contributed by atoms with van der Waals surface area (Å²) in [5, 5.41) is 5.36. The molecule has 1 N–H and O–H groups in total. The van der Waals surface area contributed by atoms with Crippen molar-refractivity contribution in [1.29, 1.82) is 0 Å². The van der Waals surface area contributed by atoms with Crippen LogP contribution in [0.15, 0.2) is 17.5 Å². The molecule has 0 unspecified atom stereocenters. The van der Waals surface area contributed by atoms with E-state index in [1.165, 1.54) is 22.7 Å². The predicted octanol–water partition coefficient (Wildman–Crippen LogP) is 4.23. The largest absolute Gasteiger partial charge is 0.297 e. The minimum absolute atomic E-state index is 0.161. The number of hydrogen-bond donors (Lipinski definition) is 1. The van der Waals surface area contributed by atoms with Crippen LogP contribution in [0.3, 0.4) is 0 Å². The molecule has 2 aromatic heterocycles. The average Bonchev–Trinajstić information content (AvgIpc) is 2.86. The van der Waals surface area contributed by atoms with E-state index in [1.54, 1.807) is 12.1 Å². The number of anilines is 1. The summed E-state index contributed by atoms with van der Waals surface area (Å²) < 4.78 is 0.608. The summed E-state index contributed by atoms with van der Waals surface area (Å²) in [7, 11) is 0. The fourth-order valence-corrected chi connectivity index (χ4v) is 3.01. The molecule has 0 fully saturated rings. The van der Waals surface area contributed by atoms with Gasteiger partial charge in [-0.2, -0.15) is 0 Å². The highest BCUT2D eigenvalue weighted by molar-refractivity contribution is 7.18. The van der Waals surface area contributed by atoms with E-state index in [1.807, 2.05) is 5.38 Å². The van der Waals surface area contributed by atoms with Crippen molar-refractivity contribution in [3.63, 3.8) is 0 Å². The zero-order valence-electron chi connectivity index (χ0n) is 9.36. The first kappa shape index (κ1) is 12.5. The first-order valence-electron chi connectivity index (χ1n) is 5.08. The van der Waals surface area contributed by atoms with Crippen molar-refractivity contribution in [2.75, 3.05) is 5.32 Å². The number of nitrogens with one attached hydrogen (secondary N) is 1. The van der Waals surface area contributed by atoms with E-state index in [9.17, 15) is 4.79 Å². The van der Waals surface area contributed by atoms with Crippen LogP contribution in [0.4, 0.5) is 5.13 Å². The topological polar surface area (TPSA) is 42.0 Å². The van der Waals surface area contributed by atoms with Gasteiger partial charge in [-0.15, -0.1) is 22.7 Å². The van der Waals surface area contributed by atoms with Crippen LogP contribution in [0.25, 0.3) is 0 Å². The second-order valence-corrected chi connectivity index (χ2v) is 6.36. The highest BCUT2D eigenvalue weighted by atomic mass is 35.5. The summed E-state index contributed by atoms with van der Waals surface area (Å²) in [6.07, 6.45) is 0. The first-order valence-corrected chi connectivity index (χ1v) is 7.16. The number of thiazole rings is 1. The molecule has 0 atom stereocenters. The van der Waals surface area contributed by atoms with E-state index in [0.717, 1.165) is 5.69 Å². The van der Waals surface area contributed by atoms with Crippen molar-refractivity contribution < 1.29 is 4.79 Å².